The van der Waals surface area contributed by atoms with Crippen molar-refractivity contribution >= 4 is 17.3 Å². The molecule has 0 amide bonds. The van der Waals surface area contributed by atoms with E-state index in [2.05, 4.69) is 19.2 Å². The van der Waals surface area contributed by atoms with E-state index in [1.165, 1.54) is 5.56 Å². The summed E-state index contributed by atoms with van der Waals surface area (Å²) in [5.41, 5.74) is 2.56. The second kappa shape index (κ2) is 3.06. The number of rotatable bonds is 1. The van der Waals surface area contributed by atoms with Gasteiger partial charge in [-0.05, 0) is 11.6 Å². The Morgan fingerprint density at radius 3 is 2.79 bits per heavy atom. The Bertz CT molecular complexity index is 374. The number of benzene rings is 1. The van der Waals surface area contributed by atoms with Gasteiger partial charge in [-0.3, -0.25) is 0 Å². The monoisotopic (exact) mass is 211 g/mol. The summed E-state index contributed by atoms with van der Waals surface area (Å²) in [6.45, 7) is 5.36. The smallest absolute Gasteiger partial charge is 0.139 e. The summed E-state index contributed by atoms with van der Waals surface area (Å²) in [7, 11) is 1.63. The van der Waals surface area contributed by atoms with Crippen molar-refractivity contribution in [3.8, 4) is 5.75 Å². The first-order chi connectivity index (χ1) is 6.54. The second-order valence-electron chi connectivity index (χ2n) is 4.27. The predicted octanol–water partition coefficient (Wildman–Crippen LogP) is 3.05. The largest absolute Gasteiger partial charge is 0.495 e. The van der Waals surface area contributed by atoms with Crippen LogP contribution in [0.1, 0.15) is 19.4 Å². The van der Waals surface area contributed by atoms with Crippen LogP contribution in [0, 0.1) is 0 Å². The van der Waals surface area contributed by atoms with E-state index in [-0.39, 0.29) is 5.41 Å². The molecule has 2 nitrogen and oxygen atoms in total. The average Bonchev–Trinajstić information content (AvgIpc) is 2.42. The SMILES string of the molecule is COc1cc2c(cc1Cl)C(C)(C)CN2. The molecule has 1 aromatic carbocycles. The molecule has 1 aliphatic rings. The van der Waals surface area contributed by atoms with Crippen LogP contribution in [0.4, 0.5) is 5.69 Å². The lowest BCUT2D eigenvalue weighted by molar-refractivity contribution is 0.415. The van der Waals surface area contributed by atoms with Crippen LogP contribution in [0.25, 0.3) is 0 Å². The number of nitrogens with one attached hydrogen (secondary N) is 1. The third-order valence-electron chi connectivity index (χ3n) is 2.74. The highest BCUT2D eigenvalue weighted by molar-refractivity contribution is 6.32. The van der Waals surface area contributed by atoms with Crippen LogP contribution in [0.2, 0.25) is 5.02 Å². The van der Waals surface area contributed by atoms with E-state index in [0.717, 1.165) is 18.0 Å². The maximum Gasteiger partial charge on any atom is 0.139 e. The molecule has 1 N–H and O–H groups in total. The van der Waals surface area contributed by atoms with Crippen LogP contribution < -0.4 is 10.1 Å². The van der Waals surface area contributed by atoms with Gasteiger partial charge in [-0.2, -0.15) is 0 Å². The van der Waals surface area contributed by atoms with E-state index in [0.29, 0.717) is 5.02 Å². The highest BCUT2D eigenvalue weighted by atomic mass is 35.5. The summed E-state index contributed by atoms with van der Waals surface area (Å²) in [6.07, 6.45) is 0. The maximum absolute atomic E-state index is 6.08. The molecule has 0 fully saturated rings. The third kappa shape index (κ3) is 1.34. The molecule has 76 valence electrons. The topological polar surface area (TPSA) is 21.3 Å². The molecule has 1 heterocycles. The van der Waals surface area contributed by atoms with Gasteiger partial charge < -0.3 is 10.1 Å². The number of ether oxygens (including phenoxy) is 1. The first-order valence-electron chi connectivity index (χ1n) is 4.66. The molecule has 0 aromatic heterocycles. The molecule has 0 bridgehead atoms. The predicted molar refractivity (Wildman–Crippen MR) is 59.5 cm³/mol. The molecule has 0 radical (unpaired) electrons. The van der Waals surface area contributed by atoms with E-state index in [9.17, 15) is 0 Å². The van der Waals surface area contributed by atoms with Crippen LogP contribution in [-0.2, 0) is 5.41 Å². The van der Waals surface area contributed by atoms with E-state index >= 15 is 0 Å². The quantitative estimate of drug-likeness (QED) is 0.771. The van der Waals surface area contributed by atoms with Gasteiger partial charge in [0.1, 0.15) is 5.75 Å². The minimum Gasteiger partial charge on any atom is -0.495 e. The highest BCUT2D eigenvalue weighted by Crippen LogP contribution is 2.41. The maximum atomic E-state index is 6.08. The standard InChI is InChI=1S/C11H14ClNO/c1-11(2)6-13-9-5-10(14-3)8(12)4-7(9)11/h4-5,13H,6H2,1-3H3. The lowest BCUT2D eigenvalue weighted by Crippen LogP contribution is -2.18. The first-order valence-corrected chi connectivity index (χ1v) is 5.04. The minimum absolute atomic E-state index is 0.158. The van der Waals surface area contributed by atoms with Gasteiger partial charge >= 0.3 is 0 Å². The molecule has 0 aliphatic carbocycles. The molecule has 14 heavy (non-hydrogen) atoms. The number of anilines is 1. The number of hydrogen-bond donors (Lipinski definition) is 1. The van der Waals surface area contributed by atoms with Gasteiger partial charge in [-0.15, -0.1) is 0 Å². The zero-order valence-corrected chi connectivity index (χ0v) is 9.40. The fourth-order valence-electron chi connectivity index (χ4n) is 1.83. The molecule has 0 spiro atoms. The number of halogens is 1. The van der Waals surface area contributed by atoms with Crippen molar-refractivity contribution in [2.75, 3.05) is 19.0 Å². The molecule has 0 saturated carbocycles. The van der Waals surface area contributed by atoms with Crippen molar-refractivity contribution in [1.29, 1.82) is 0 Å². The average molecular weight is 212 g/mol. The van der Waals surface area contributed by atoms with Gasteiger partial charge in [0.2, 0.25) is 0 Å². The summed E-state index contributed by atoms with van der Waals surface area (Å²) in [4.78, 5) is 0. The summed E-state index contributed by atoms with van der Waals surface area (Å²) in [5.74, 6) is 0.732. The number of fused-ring (bicyclic) bond motifs is 1. The molecular formula is C11H14ClNO. The Morgan fingerprint density at radius 2 is 2.14 bits per heavy atom. The fraction of sp³-hybridized carbons (Fsp3) is 0.455. The van der Waals surface area contributed by atoms with Crippen LogP contribution >= 0.6 is 11.6 Å². The molecule has 1 aromatic rings. The van der Waals surface area contributed by atoms with Crippen molar-refractivity contribution in [2.45, 2.75) is 19.3 Å². The van der Waals surface area contributed by atoms with E-state index in [1.807, 2.05) is 12.1 Å². The minimum atomic E-state index is 0.158. The van der Waals surface area contributed by atoms with Gasteiger partial charge in [0, 0.05) is 23.7 Å². The van der Waals surface area contributed by atoms with Crippen molar-refractivity contribution < 1.29 is 4.74 Å². The fourth-order valence-corrected chi connectivity index (χ4v) is 2.07. The second-order valence-corrected chi connectivity index (χ2v) is 4.68. The molecular weight excluding hydrogens is 198 g/mol. The Hall–Kier alpha value is -0.890. The summed E-state index contributed by atoms with van der Waals surface area (Å²) >= 11 is 6.08. The van der Waals surface area contributed by atoms with Crippen molar-refractivity contribution in [3.05, 3.63) is 22.7 Å². The Kier molecular flexibility index (Phi) is 2.11. The van der Waals surface area contributed by atoms with E-state index in [1.54, 1.807) is 7.11 Å². The normalized spacial score (nSPS) is 17.4. The number of hydrogen-bond acceptors (Lipinski definition) is 2. The summed E-state index contributed by atoms with van der Waals surface area (Å²) in [5, 5.41) is 4.04. The zero-order valence-electron chi connectivity index (χ0n) is 8.65. The summed E-state index contributed by atoms with van der Waals surface area (Å²) in [6, 6.07) is 3.96. The first kappa shape index (κ1) is 9.66. The third-order valence-corrected chi connectivity index (χ3v) is 3.04. The van der Waals surface area contributed by atoms with Crippen molar-refractivity contribution in [1.82, 2.24) is 0 Å². The summed E-state index contributed by atoms with van der Waals surface area (Å²) < 4.78 is 5.17. The van der Waals surface area contributed by atoms with Gasteiger partial charge in [0.15, 0.2) is 0 Å². The van der Waals surface area contributed by atoms with Gasteiger partial charge in [-0.1, -0.05) is 25.4 Å². The van der Waals surface area contributed by atoms with Crippen molar-refractivity contribution in [2.24, 2.45) is 0 Å². The molecule has 1 aliphatic heterocycles. The molecule has 3 heteroatoms. The molecule has 2 rings (SSSR count). The zero-order chi connectivity index (χ0) is 10.3. The molecule has 0 atom stereocenters. The van der Waals surface area contributed by atoms with Gasteiger partial charge in [0.25, 0.3) is 0 Å². The van der Waals surface area contributed by atoms with Crippen molar-refractivity contribution in [3.63, 3.8) is 0 Å². The Balaban J connectivity index is 2.55. The van der Waals surface area contributed by atoms with E-state index in [4.69, 9.17) is 16.3 Å². The van der Waals surface area contributed by atoms with Gasteiger partial charge in [0.05, 0.1) is 12.1 Å². The van der Waals surface area contributed by atoms with Crippen LogP contribution in [-0.4, -0.2) is 13.7 Å². The van der Waals surface area contributed by atoms with Crippen LogP contribution in [0.15, 0.2) is 12.1 Å². The Labute approximate surface area is 89.2 Å². The van der Waals surface area contributed by atoms with E-state index < -0.39 is 0 Å². The molecule has 0 saturated heterocycles. The van der Waals surface area contributed by atoms with Gasteiger partial charge in [-0.25, -0.2) is 0 Å². The van der Waals surface area contributed by atoms with Crippen LogP contribution in [0.5, 0.6) is 5.75 Å². The lowest BCUT2D eigenvalue weighted by atomic mass is 9.87. The number of methoxy groups -OCH3 is 1. The highest BCUT2D eigenvalue weighted by Gasteiger charge is 2.30. The Morgan fingerprint density at radius 1 is 1.43 bits per heavy atom. The molecule has 0 unspecified atom stereocenters. The lowest BCUT2D eigenvalue weighted by Gasteiger charge is -2.17. The van der Waals surface area contributed by atoms with Crippen LogP contribution in [0.3, 0.4) is 0 Å².